The number of hydrogen-bond acceptors (Lipinski definition) is 6. The highest BCUT2D eigenvalue weighted by Crippen LogP contribution is 2.20. The summed E-state index contributed by atoms with van der Waals surface area (Å²) in [6, 6.07) is 0. The molecule has 0 saturated carbocycles. The number of aromatic nitrogens is 2. The van der Waals surface area contributed by atoms with Crippen molar-refractivity contribution in [1.82, 2.24) is 9.97 Å². The fourth-order valence-corrected chi connectivity index (χ4v) is 1.60. The van der Waals surface area contributed by atoms with Crippen LogP contribution in [0.2, 0.25) is 0 Å². The van der Waals surface area contributed by atoms with Gasteiger partial charge in [0.05, 0.1) is 18.5 Å². The number of anilines is 2. The summed E-state index contributed by atoms with van der Waals surface area (Å²) in [7, 11) is 0. The molecule has 0 radical (unpaired) electrons. The van der Waals surface area contributed by atoms with Gasteiger partial charge in [-0.3, -0.25) is 4.79 Å². The average Bonchev–Trinajstić information content (AvgIpc) is 2.51. The summed E-state index contributed by atoms with van der Waals surface area (Å²) < 4.78 is 0. The Kier molecular flexibility index (Phi) is 2.33. The summed E-state index contributed by atoms with van der Waals surface area (Å²) in [5.74, 6) is 0.300. The average molecular weight is 212 g/mol. The van der Waals surface area contributed by atoms with Crippen LogP contribution in [0.5, 0.6) is 0 Å². The molecule has 7 nitrogen and oxygen atoms in total. The second-order valence-corrected chi connectivity index (χ2v) is 3.51. The normalized spacial score (nSPS) is 25.9. The van der Waals surface area contributed by atoms with Crippen molar-refractivity contribution in [3.05, 3.63) is 16.7 Å². The molecule has 0 spiro atoms. The van der Waals surface area contributed by atoms with E-state index in [2.05, 4.69) is 9.97 Å². The van der Waals surface area contributed by atoms with E-state index >= 15 is 0 Å². The van der Waals surface area contributed by atoms with Gasteiger partial charge in [0, 0.05) is 13.1 Å². The molecule has 0 amide bonds. The minimum absolute atomic E-state index is 0.00111. The molecule has 2 atom stereocenters. The van der Waals surface area contributed by atoms with Crippen LogP contribution in [-0.2, 0) is 0 Å². The number of hydrogen-bond donors (Lipinski definition) is 4. The number of β-amino-alcohol motifs (C(OH)–C–C–N with tert-alkyl or cyclic N) is 2. The largest absolute Gasteiger partial charge is 0.391 e. The van der Waals surface area contributed by atoms with Gasteiger partial charge in [0.25, 0.3) is 5.56 Å². The minimum atomic E-state index is -0.828. The van der Waals surface area contributed by atoms with Crippen LogP contribution in [0.1, 0.15) is 0 Å². The summed E-state index contributed by atoms with van der Waals surface area (Å²) >= 11 is 0. The van der Waals surface area contributed by atoms with Crippen molar-refractivity contribution >= 4 is 11.5 Å². The number of nitrogens with one attached hydrogen (secondary N) is 1. The van der Waals surface area contributed by atoms with Crippen LogP contribution in [0, 0.1) is 0 Å². The predicted molar refractivity (Wildman–Crippen MR) is 53.5 cm³/mol. The van der Waals surface area contributed by atoms with E-state index < -0.39 is 17.8 Å². The van der Waals surface area contributed by atoms with E-state index in [9.17, 15) is 15.0 Å². The lowest BCUT2D eigenvalue weighted by Crippen LogP contribution is -2.26. The number of nitrogen functional groups attached to an aromatic ring is 1. The van der Waals surface area contributed by atoms with Gasteiger partial charge in [0.1, 0.15) is 5.69 Å². The maximum Gasteiger partial charge on any atom is 0.276 e. The van der Waals surface area contributed by atoms with Crippen molar-refractivity contribution in [2.24, 2.45) is 0 Å². The standard InChI is InChI=1S/C8H12N4O3/c9-6-7(10-3-11-8(6)15)12-1-4(13)5(14)2-12/h3-5,13-14H,1-2,9H2,(H,10,11,15). The van der Waals surface area contributed by atoms with E-state index in [4.69, 9.17) is 5.73 Å². The summed E-state index contributed by atoms with van der Waals surface area (Å²) in [6.07, 6.45) is -0.415. The Morgan fingerprint density at radius 3 is 2.67 bits per heavy atom. The molecule has 1 saturated heterocycles. The van der Waals surface area contributed by atoms with Crippen LogP contribution in [-0.4, -0.2) is 45.5 Å². The molecular formula is C8H12N4O3. The van der Waals surface area contributed by atoms with E-state index in [-0.39, 0.29) is 18.8 Å². The van der Waals surface area contributed by atoms with Crippen molar-refractivity contribution in [1.29, 1.82) is 0 Å². The molecule has 0 bridgehead atoms. The van der Waals surface area contributed by atoms with Crippen LogP contribution in [0.3, 0.4) is 0 Å². The molecule has 15 heavy (non-hydrogen) atoms. The van der Waals surface area contributed by atoms with Gasteiger partial charge in [-0.05, 0) is 0 Å². The Morgan fingerprint density at radius 1 is 1.47 bits per heavy atom. The highest BCUT2D eigenvalue weighted by Gasteiger charge is 2.31. The Balaban J connectivity index is 2.32. The Hall–Kier alpha value is -1.60. The smallest absolute Gasteiger partial charge is 0.276 e. The quantitative estimate of drug-likeness (QED) is 0.423. The van der Waals surface area contributed by atoms with Gasteiger partial charge in [-0.25, -0.2) is 4.98 Å². The van der Waals surface area contributed by atoms with E-state index in [0.29, 0.717) is 5.82 Å². The SMILES string of the molecule is Nc1c(N2CC(O)C(O)C2)nc[nH]c1=O. The highest BCUT2D eigenvalue weighted by atomic mass is 16.3. The monoisotopic (exact) mass is 212 g/mol. The molecule has 1 aromatic rings. The fraction of sp³-hybridized carbons (Fsp3) is 0.500. The predicted octanol–water partition coefficient (Wildman–Crippen LogP) is -2.11. The van der Waals surface area contributed by atoms with Crippen LogP contribution in [0.4, 0.5) is 11.5 Å². The number of rotatable bonds is 1. The molecule has 1 aliphatic rings. The Morgan fingerprint density at radius 2 is 2.07 bits per heavy atom. The fourth-order valence-electron chi connectivity index (χ4n) is 1.60. The molecule has 82 valence electrons. The first-order valence-electron chi connectivity index (χ1n) is 4.54. The number of nitrogens with two attached hydrogens (primary N) is 1. The van der Waals surface area contributed by atoms with Gasteiger partial charge < -0.3 is 25.8 Å². The highest BCUT2D eigenvalue weighted by molar-refractivity contribution is 5.61. The molecule has 0 aliphatic carbocycles. The van der Waals surface area contributed by atoms with Gasteiger partial charge in [0.15, 0.2) is 5.82 Å². The number of aliphatic hydroxyl groups is 2. The first-order valence-corrected chi connectivity index (χ1v) is 4.54. The molecule has 2 heterocycles. The lowest BCUT2D eigenvalue weighted by atomic mass is 10.3. The first kappa shape index (κ1) is 9.94. The summed E-state index contributed by atoms with van der Waals surface area (Å²) in [5.41, 5.74) is 5.12. The zero-order chi connectivity index (χ0) is 11.0. The lowest BCUT2D eigenvalue weighted by Gasteiger charge is -2.16. The van der Waals surface area contributed by atoms with Gasteiger partial charge in [-0.1, -0.05) is 0 Å². The molecule has 2 unspecified atom stereocenters. The van der Waals surface area contributed by atoms with Crippen molar-refractivity contribution in [3.8, 4) is 0 Å². The van der Waals surface area contributed by atoms with Gasteiger partial charge in [0.2, 0.25) is 0 Å². The Bertz CT molecular complexity index is 409. The third-order valence-corrected chi connectivity index (χ3v) is 2.43. The van der Waals surface area contributed by atoms with E-state index in [1.807, 2.05) is 0 Å². The minimum Gasteiger partial charge on any atom is -0.391 e. The zero-order valence-corrected chi connectivity index (χ0v) is 7.92. The maximum atomic E-state index is 11.2. The third kappa shape index (κ3) is 1.66. The first-order chi connectivity index (χ1) is 7.09. The second kappa shape index (κ2) is 3.52. The van der Waals surface area contributed by atoms with Crippen LogP contribution in [0.15, 0.2) is 11.1 Å². The molecule has 0 aromatic carbocycles. The van der Waals surface area contributed by atoms with E-state index in [0.717, 1.165) is 0 Å². The van der Waals surface area contributed by atoms with Crippen LogP contribution < -0.4 is 16.2 Å². The molecule has 5 N–H and O–H groups in total. The third-order valence-electron chi connectivity index (χ3n) is 2.43. The molecule has 1 fully saturated rings. The number of aromatic amines is 1. The van der Waals surface area contributed by atoms with Crippen LogP contribution >= 0.6 is 0 Å². The second-order valence-electron chi connectivity index (χ2n) is 3.51. The van der Waals surface area contributed by atoms with Crippen molar-refractivity contribution < 1.29 is 10.2 Å². The van der Waals surface area contributed by atoms with Crippen molar-refractivity contribution in [3.63, 3.8) is 0 Å². The molecular weight excluding hydrogens is 200 g/mol. The number of H-pyrrole nitrogens is 1. The summed E-state index contributed by atoms with van der Waals surface area (Å²) in [5, 5.41) is 18.7. The molecule has 1 aliphatic heterocycles. The summed E-state index contributed by atoms with van der Waals surface area (Å²) in [4.78, 5) is 19.0. The van der Waals surface area contributed by atoms with E-state index in [1.165, 1.54) is 6.33 Å². The lowest BCUT2D eigenvalue weighted by molar-refractivity contribution is 0.0572. The topological polar surface area (TPSA) is 115 Å². The number of nitrogens with zero attached hydrogens (tertiary/aromatic N) is 2. The van der Waals surface area contributed by atoms with Crippen LogP contribution in [0.25, 0.3) is 0 Å². The molecule has 7 heteroatoms. The Labute approximate surface area is 85.2 Å². The van der Waals surface area contributed by atoms with Gasteiger partial charge >= 0.3 is 0 Å². The van der Waals surface area contributed by atoms with Gasteiger partial charge in [-0.2, -0.15) is 0 Å². The maximum absolute atomic E-state index is 11.2. The number of aliphatic hydroxyl groups excluding tert-OH is 2. The molecule has 1 aromatic heterocycles. The van der Waals surface area contributed by atoms with Crippen molar-refractivity contribution in [2.75, 3.05) is 23.7 Å². The summed E-state index contributed by atoms with van der Waals surface area (Å²) in [6.45, 7) is 0.448. The molecule has 2 rings (SSSR count). The van der Waals surface area contributed by atoms with Gasteiger partial charge in [-0.15, -0.1) is 0 Å². The van der Waals surface area contributed by atoms with E-state index in [1.54, 1.807) is 4.90 Å². The van der Waals surface area contributed by atoms with Crippen molar-refractivity contribution in [2.45, 2.75) is 12.2 Å². The zero-order valence-electron chi connectivity index (χ0n) is 7.92.